The third-order valence-electron chi connectivity index (χ3n) is 4.75. The first-order chi connectivity index (χ1) is 13.9. The fourth-order valence-corrected chi connectivity index (χ4v) is 4.02. The van der Waals surface area contributed by atoms with Crippen LogP contribution in [0.25, 0.3) is 0 Å². The third-order valence-corrected chi connectivity index (χ3v) is 5.86. The molecule has 1 heterocycles. The zero-order valence-electron chi connectivity index (χ0n) is 16.8. The first-order valence-electron chi connectivity index (χ1n) is 9.40. The zero-order chi connectivity index (χ0) is 22.3. The first kappa shape index (κ1) is 22.1. The van der Waals surface area contributed by atoms with E-state index in [0.29, 0.717) is 18.4 Å². The van der Waals surface area contributed by atoms with Crippen LogP contribution < -0.4 is 9.64 Å². The van der Waals surface area contributed by atoms with Crippen molar-refractivity contribution in [2.75, 3.05) is 17.7 Å². The smallest absolute Gasteiger partial charge is 0.416 e. The summed E-state index contributed by atoms with van der Waals surface area (Å²) in [5, 5.41) is 0. The Kier molecular flexibility index (Phi) is 5.86. The van der Waals surface area contributed by atoms with Crippen molar-refractivity contribution in [3.05, 3.63) is 53.1 Å². The maximum atomic E-state index is 13.4. The number of fused-ring (bicyclic) bond motifs is 1. The van der Waals surface area contributed by atoms with Gasteiger partial charge in [0.1, 0.15) is 5.75 Å². The van der Waals surface area contributed by atoms with Gasteiger partial charge in [0.05, 0.1) is 22.1 Å². The Morgan fingerprint density at radius 3 is 2.43 bits per heavy atom. The second kappa shape index (κ2) is 7.94. The third kappa shape index (κ3) is 4.61. The topological polar surface area (TPSA) is 63.7 Å². The number of ether oxygens (including phenoxy) is 1. The molecule has 0 radical (unpaired) electrons. The molecule has 0 aromatic heterocycles. The molecule has 0 bridgehead atoms. The molecule has 1 amide bonds. The summed E-state index contributed by atoms with van der Waals surface area (Å²) in [6, 6.07) is 7.32. The van der Waals surface area contributed by atoms with Crippen molar-refractivity contribution in [2.24, 2.45) is 0 Å². The van der Waals surface area contributed by atoms with E-state index in [9.17, 15) is 26.4 Å². The first-order valence-corrected chi connectivity index (χ1v) is 11.3. The molecular weight excluding hydrogens is 419 g/mol. The maximum Gasteiger partial charge on any atom is 0.416 e. The van der Waals surface area contributed by atoms with Crippen molar-refractivity contribution in [3.63, 3.8) is 0 Å². The molecule has 0 saturated heterocycles. The van der Waals surface area contributed by atoms with Gasteiger partial charge in [0.15, 0.2) is 9.84 Å². The summed E-state index contributed by atoms with van der Waals surface area (Å²) in [5.74, 6) is -0.419. The highest BCUT2D eigenvalue weighted by Crippen LogP contribution is 2.37. The Bertz CT molecular complexity index is 1080. The highest BCUT2D eigenvalue weighted by atomic mass is 32.2. The predicted molar refractivity (Wildman–Crippen MR) is 107 cm³/mol. The minimum Gasteiger partial charge on any atom is -0.490 e. The van der Waals surface area contributed by atoms with Crippen molar-refractivity contribution in [3.8, 4) is 5.75 Å². The number of benzene rings is 2. The molecule has 0 saturated carbocycles. The average molecular weight is 441 g/mol. The van der Waals surface area contributed by atoms with Crippen molar-refractivity contribution >= 4 is 21.4 Å². The number of anilines is 1. The lowest BCUT2D eigenvalue weighted by atomic mass is 9.98. The van der Waals surface area contributed by atoms with Crippen LogP contribution in [0.2, 0.25) is 0 Å². The summed E-state index contributed by atoms with van der Waals surface area (Å²) < 4.78 is 69.3. The van der Waals surface area contributed by atoms with Gasteiger partial charge in [0.2, 0.25) is 0 Å². The molecule has 1 aliphatic rings. The quantitative estimate of drug-likeness (QED) is 0.702. The molecule has 9 heteroatoms. The summed E-state index contributed by atoms with van der Waals surface area (Å²) in [6.07, 6.45) is -2.67. The number of sulfone groups is 1. The molecule has 2 aromatic carbocycles. The standard InChI is InChI=1S/C21H22F3NO4S/c1-13(2)29-19-9-8-16(30(3,27)28)12-17(19)20(26)25-10-4-5-14-6-7-15(11-18(14)25)21(22,23)24/h6-9,11-13H,4-5,10H2,1-3H3. The van der Waals surface area contributed by atoms with Gasteiger partial charge in [0, 0.05) is 18.5 Å². The van der Waals surface area contributed by atoms with E-state index in [4.69, 9.17) is 4.74 Å². The molecule has 0 atom stereocenters. The van der Waals surface area contributed by atoms with Crippen LogP contribution in [0.4, 0.5) is 18.9 Å². The van der Waals surface area contributed by atoms with E-state index in [0.717, 1.165) is 18.4 Å². The van der Waals surface area contributed by atoms with Gasteiger partial charge in [-0.05, 0) is 62.6 Å². The minimum atomic E-state index is -4.54. The van der Waals surface area contributed by atoms with E-state index >= 15 is 0 Å². The van der Waals surface area contributed by atoms with Gasteiger partial charge >= 0.3 is 6.18 Å². The number of aryl methyl sites for hydroxylation is 1. The number of amides is 1. The summed E-state index contributed by atoms with van der Waals surface area (Å²) in [6.45, 7) is 3.73. The fourth-order valence-electron chi connectivity index (χ4n) is 3.37. The van der Waals surface area contributed by atoms with Gasteiger partial charge in [0.25, 0.3) is 5.91 Å². The lowest BCUT2D eigenvalue weighted by molar-refractivity contribution is -0.137. The molecule has 0 unspecified atom stereocenters. The Balaban J connectivity index is 2.11. The molecular formula is C21H22F3NO4S. The molecule has 162 valence electrons. The average Bonchev–Trinajstić information content (AvgIpc) is 2.64. The van der Waals surface area contributed by atoms with Gasteiger partial charge in [-0.25, -0.2) is 8.42 Å². The second-order valence-electron chi connectivity index (χ2n) is 7.50. The van der Waals surface area contributed by atoms with E-state index < -0.39 is 27.5 Å². The van der Waals surface area contributed by atoms with E-state index in [1.165, 1.54) is 29.2 Å². The van der Waals surface area contributed by atoms with Gasteiger partial charge in [-0.15, -0.1) is 0 Å². The lowest BCUT2D eigenvalue weighted by Gasteiger charge is -2.31. The maximum absolute atomic E-state index is 13.4. The van der Waals surface area contributed by atoms with Gasteiger partial charge in [-0.1, -0.05) is 6.07 Å². The van der Waals surface area contributed by atoms with Gasteiger partial charge < -0.3 is 9.64 Å². The normalized spacial score (nSPS) is 14.6. The molecule has 0 fully saturated rings. The molecule has 1 aliphatic heterocycles. The lowest BCUT2D eigenvalue weighted by Crippen LogP contribution is -2.36. The molecule has 2 aromatic rings. The number of carbonyl (C=O) groups excluding carboxylic acids is 1. The fraction of sp³-hybridized carbons (Fsp3) is 0.381. The molecule has 3 rings (SSSR count). The minimum absolute atomic E-state index is 0.00288. The summed E-state index contributed by atoms with van der Waals surface area (Å²) in [4.78, 5) is 14.6. The Morgan fingerprint density at radius 1 is 1.13 bits per heavy atom. The second-order valence-corrected chi connectivity index (χ2v) is 9.51. The largest absolute Gasteiger partial charge is 0.490 e. The summed E-state index contributed by atoms with van der Waals surface area (Å²) in [5.41, 5.74) is -0.0316. The Hall–Kier alpha value is -2.55. The summed E-state index contributed by atoms with van der Waals surface area (Å²) >= 11 is 0. The van der Waals surface area contributed by atoms with Crippen LogP contribution in [-0.2, 0) is 22.4 Å². The Morgan fingerprint density at radius 2 is 1.83 bits per heavy atom. The molecule has 0 N–H and O–H groups in total. The van der Waals surface area contributed by atoms with Crippen LogP contribution in [0.1, 0.15) is 41.8 Å². The number of hydrogen-bond donors (Lipinski definition) is 0. The molecule has 0 aliphatic carbocycles. The van der Waals surface area contributed by atoms with E-state index in [1.54, 1.807) is 13.8 Å². The number of rotatable bonds is 4. The monoisotopic (exact) mass is 441 g/mol. The number of carbonyl (C=O) groups is 1. The summed E-state index contributed by atoms with van der Waals surface area (Å²) in [7, 11) is -3.60. The van der Waals surface area contributed by atoms with Crippen LogP contribution in [0.3, 0.4) is 0 Å². The van der Waals surface area contributed by atoms with E-state index in [-0.39, 0.29) is 34.5 Å². The molecule has 0 spiro atoms. The number of halogens is 3. The van der Waals surface area contributed by atoms with Crippen molar-refractivity contribution in [2.45, 2.75) is 43.9 Å². The van der Waals surface area contributed by atoms with Crippen LogP contribution in [-0.4, -0.2) is 33.2 Å². The van der Waals surface area contributed by atoms with Crippen molar-refractivity contribution in [1.82, 2.24) is 0 Å². The Labute approximate surface area is 173 Å². The predicted octanol–water partition coefficient (Wildman–Crippen LogP) is 4.49. The number of alkyl halides is 3. The van der Waals surface area contributed by atoms with Crippen LogP contribution in [0.5, 0.6) is 5.75 Å². The van der Waals surface area contributed by atoms with Crippen molar-refractivity contribution < 1.29 is 31.1 Å². The van der Waals surface area contributed by atoms with Crippen LogP contribution in [0, 0.1) is 0 Å². The number of nitrogens with zero attached hydrogens (tertiary/aromatic N) is 1. The van der Waals surface area contributed by atoms with Crippen molar-refractivity contribution in [1.29, 1.82) is 0 Å². The van der Waals surface area contributed by atoms with Gasteiger partial charge in [-0.3, -0.25) is 4.79 Å². The molecule has 30 heavy (non-hydrogen) atoms. The number of hydrogen-bond acceptors (Lipinski definition) is 4. The van der Waals surface area contributed by atoms with Crippen LogP contribution in [0.15, 0.2) is 41.3 Å². The van der Waals surface area contributed by atoms with E-state index in [2.05, 4.69) is 0 Å². The zero-order valence-corrected chi connectivity index (χ0v) is 17.6. The van der Waals surface area contributed by atoms with E-state index in [1.807, 2.05) is 0 Å². The van der Waals surface area contributed by atoms with Gasteiger partial charge in [-0.2, -0.15) is 13.2 Å². The highest BCUT2D eigenvalue weighted by molar-refractivity contribution is 7.90. The highest BCUT2D eigenvalue weighted by Gasteiger charge is 2.34. The molecule has 5 nitrogen and oxygen atoms in total. The van der Waals surface area contributed by atoms with Crippen LogP contribution >= 0.6 is 0 Å². The SMILES string of the molecule is CC(C)Oc1ccc(S(C)(=O)=O)cc1C(=O)N1CCCc2ccc(C(F)(F)F)cc21.